The Bertz CT molecular complexity index is 289. The fraction of sp³-hybridized carbons (Fsp3) is 0.952. The minimum Gasteiger partial charge on any atom is -0.380 e. The number of hydrogen-bond acceptors (Lipinski definition) is 8. The molecule has 0 aromatic rings. The molecular weight excluding hydrogens is 370 g/mol. The van der Waals surface area contributed by atoms with E-state index in [0.717, 1.165) is 45.5 Å². The van der Waals surface area contributed by atoms with E-state index in [2.05, 4.69) is 16.7 Å². The quantitative estimate of drug-likeness (QED) is 0.316. The maximum absolute atomic E-state index is 11.4. The van der Waals surface area contributed by atoms with Crippen molar-refractivity contribution in [2.75, 3.05) is 87.3 Å². The lowest BCUT2D eigenvalue weighted by atomic mass is 10.1. The van der Waals surface area contributed by atoms with Crippen LogP contribution in [0.25, 0.3) is 0 Å². The molecule has 0 aliphatic carbocycles. The van der Waals surface area contributed by atoms with E-state index in [-0.39, 0.29) is 7.43 Å². The highest BCUT2D eigenvalue weighted by molar-refractivity contribution is 5.78. The van der Waals surface area contributed by atoms with E-state index in [9.17, 15) is 4.79 Å². The Hall–Kier alpha value is -0.610. The van der Waals surface area contributed by atoms with Crippen LogP contribution in [0.4, 0.5) is 0 Å². The van der Waals surface area contributed by atoms with Crippen molar-refractivity contribution in [2.45, 2.75) is 46.5 Å². The highest BCUT2D eigenvalue weighted by Crippen LogP contribution is 1.99. The van der Waals surface area contributed by atoms with E-state index in [1.54, 1.807) is 0 Å². The van der Waals surface area contributed by atoms with Crippen LogP contribution >= 0.6 is 0 Å². The molecule has 0 rings (SSSR count). The lowest BCUT2D eigenvalue weighted by molar-refractivity contribution is -0.119. The summed E-state index contributed by atoms with van der Waals surface area (Å²) < 4.78 is 10.2. The molecule has 0 atom stereocenters. The van der Waals surface area contributed by atoms with Crippen LogP contribution in [0.2, 0.25) is 0 Å². The molecule has 0 aliphatic heterocycles. The smallest absolute Gasteiger partial charge is 0.133 e. The van der Waals surface area contributed by atoms with Crippen LogP contribution < -0.4 is 17.2 Å². The van der Waals surface area contributed by atoms with Gasteiger partial charge in [-0.3, -0.25) is 4.79 Å². The third kappa shape index (κ3) is 47.0. The zero-order valence-electron chi connectivity index (χ0n) is 19.3. The standard InChI is InChI=1S/C11H24N2O2.C5H13NO.C4H12N2.CH4/c1-13(2)8-3-5-11(14)6-4-9-15-10-7-12;1-2-4-7-5-3-6;1-6(2)4-3-5;/h3-10,12H2,1-2H3;2-6H2,1H3;3-5H2,1-2H3;1H4. The first-order valence-electron chi connectivity index (χ1n) is 10.4. The second-order valence-corrected chi connectivity index (χ2v) is 6.94. The van der Waals surface area contributed by atoms with Crippen LogP contribution in [0.1, 0.15) is 46.5 Å². The van der Waals surface area contributed by atoms with E-state index in [0.29, 0.717) is 51.5 Å². The third-order valence-corrected chi connectivity index (χ3v) is 3.25. The highest BCUT2D eigenvalue weighted by Gasteiger charge is 2.02. The van der Waals surface area contributed by atoms with Gasteiger partial charge in [0.15, 0.2) is 0 Å². The zero-order chi connectivity index (χ0) is 22.0. The van der Waals surface area contributed by atoms with Crippen LogP contribution in [0.5, 0.6) is 0 Å². The van der Waals surface area contributed by atoms with Crippen molar-refractivity contribution in [3.8, 4) is 0 Å². The molecule has 0 spiro atoms. The van der Waals surface area contributed by atoms with E-state index in [1.807, 2.05) is 28.2 Å². The van der Waals surface area contributed by atoms with Crippen molar-refractivity contribution < 1.29 is 14.3 Å². The van der Waals surface area contributed by atoms with Gasteiger partial charge in [-0.15, -0.1) is 0 Å². The van der Waals surface area contributed by atoms with Crippen molar-refractivity contribution in [1.29, 1.82) is 0 Å². The predicted molar refractivity (Wildman–Crippen MR) is 126 cm³/mol. The van der Waals surface area contributed by atoms with E-state index < -0.39 is 0 Å². The number of nitrogens with two attached hydrogens (primary N) is 3. The average molecular weight is 424 g/mol. The Balaban J connectivity index is -0.000000186. The fourth-order valence-corrected chi connectivity index (χ4v) is 1.86. The molecule has 29 heavy (non-hydrogen) atoms. The molecule has 0 aromatic carbocycles. The van der Waals surface area contributed by atoms with Gasteiger partial charge in [0.05, 0.1) is 13.2 Å². The average Bonchev–Trinajstić information content (AvgIpc) is 2.63. The first-order valence-corrected chi connectivity index (χ1v) is 10.4. The second kappa shape index (κ2) is 32.1. The lowest BCUT2D eigenvalue weighted by Crippen LogP contribution is -2.20. The summed E-state index contributed by atoms with van der Waals surface area (Å²) in [6, 6.07) is 0. The largest absolute Gasteiger partial charge is 0.380 e. The first kappa shape index (κ1) is 35.8. The molecule has 0 saturated heterocycles. The number of hydrogen-bond donors (Lipinski definition) is 3. The van der Waals surface area contributed by atoms with Gasteiger partial charge in [0.1, 0.15) is 5.78 Å². The number of nitrogens with zero attached hydrogens (tertiary/aromatic N) is 2. The first-order chi connectivity index (χ1) is 13.3. The summed E-state index contributed by atoms with van der Waals surface area (Å²) in [4.78, 5) is 15.5. The van der Waals surface area contributed by atoms with Crippen molar-refractivity contribution in [3.05, 3.63) is 0 Å². The van der Waals surface area contributed by atoms with Gasteiger partial charge in [-0.05, 0) is 54.0 Å². The molecule has 0 amide bonds. The monoisotopic (exact) mass is 423 g/mol. The topological polar surface area (TPSA) is 120 Å². The molecule has 0 saturated carbocycles. The van der Waals surface area contributed by atoms with E-state index >= 15 is 0 Å². The van der Waals surface area contributed by atoms with Crippen LogP contribution in [-0.2, 0) is 14.3 Å². The molecule has 0 unspecified atom stereocenters. The Kier molecular flexibility index (Phi) is 39.6. The number of Topliss-reactive ketones (excluding diaryl/α,β-unsaturated/α-hetero) is 1. The molecular formula is C21H53N5O3. The molecule has 8 heteroatoms. The van der Waals surface area contributed by atoms with Crippen LogP contribution in [0, 0.1) is 0 Å². The Labute approximate surface area is 181 Å². The summed E-state index contributed by atoms with van der Waals surface area (Å²) in [5.74, 6) is 0.341. The molecule has 6 N–H and O–H groups in total. The minimum absolute atomic E-state index is 0. The molecule has 0 aliphatic rings. The maximum atomic E-state index is 11.4. The van der Waals surface area contributed by atoms with Gasteiger partial charge in [-0.2, -0.15) is 0 Å². The normalized spacial score (nSPS) is 10.0. The summed E-state index contributed by atoms with van der Waals surface area (Å²) in [6.07, 6.45) is 4.18. The summed E-state index contributed by atoms with van der Waals surface area (Å²) in [6.45, 7) is 8.78. The molecule has 8 nitrogen and oxygen atoms in total. The number of ether oxygens (including phenoxy) is 2. The van der Waals surface area contributed by atoms with Gasteiger partial charge >= 0.3 is 0 Å². The third-order valence-electron chi connectivity index (χ3n) is 3.25. The summed E-state index contributed by atoms with van der Waals surface area (Å²) in [5.41, 5.74) is 15.6. The molecule has 0 aromatic heterocycles. The summed E-state index contributed by atoms with van der Waals surface area (Å²) >= 11 is 0. The molecule has 0 radical (unpaired) electrons. The minimum atomic E-state index is 0. The molecule has 0 bridgehead atoms. The van der Waals surface area contributed by atoms with Crippen LogP contribution in [0.15, 0.2) is 0 Å². The van der Waals surface area contributed by atoms with E-state index in [4.69, 9.17) is 26.7 Å². The van der Waals surface area contributed by atoms with Crippen LogP contribution in [0.3, 0.4) is 0 Å². The predicted octanol–water partition coefficient (Wildman–Crippen LogP) is 1.17. The zero-order valence-corrected chi connectivity index (χ0v) is 19.3. The molecule has 0 heterocycles. The Morgan fingerprint density at radius 2 is 1.21 bits per heavy atom. The SMILES string of the molecule is C.CCCOCCN.CN(C)CCCC(=O)CCCOCCN.CN(C)CCN. The lowest BCUT2D eigenvalue weighted by Gasteiger charge is -2.08. The second-order valence-electron chi connectivity index (χ2n) is 6.94. The summed E-state index contributed by atoms with van der Waals surface area (Å²) in [7, 11) is 8.05. The number of carbonyl (C=O) groups excluding carboxylic acids is 1. The number of likely N-dealkylation sites (N-methyl/N-ethyl adjacent to an activating group) is 1. The van der Waals surface area contributed by atoms with Crippen molar-refractivity contribution in [1.82, 2.24) is 9.80 Å². The van der Waals surface area contributed by atoms with Gasteiger partial charge in [-0.1, -0.05) is 14.4 Å². The van der Waals surface area contributed by atoms with Crippen molar-refractivity contribution in [2.24, 2.45) is 17.2 Å². The fourth-order valence-electron chi connectivity index (χ4n) is 1.86. The highest BCUT2D eigenvalue weighted by atomic mass is 16.5. The maximum Gasteiger partial charge on any atom is 0.133 e. The number of carbonyl (C=O) groups is 1. The molecule has 180 valence electrons. The summed E-state index contributed by atoms with van der Waals surface area (Å²) in [5, 5.41) is 0. The Morgan fingerprint density at radius 1 is 0.724 bits per heavy atom. The van der Waals surface area contributed by atoms with Crippen molar-refractivity contribution in [3.63, 3.8) is 0 Å². The number of rotatable bonds is 16. The molecule has 0 fully saturated rings. The van der Waals surface area contributed by atoms with Gasteiger partial charge in [-0.25, -0.2) is 0 Å². The number of ketones is 1. The van der Waals surface area contributed by atoms with Crippen LogP contribution in [-0.4, -0.2) is 103 Å². The van der Waals surface area contributed by atoms with Crippen molar-refractivity contribution >= 4 is 5.78 Å². The van der Waals surface area contributed by atoms with Gasteiger partial charge < -0.3 is 36.5 Å². The van der Waals surface area contributed by atoms with Gasteiger partial charge in [0.2, 0.25) is 0 Å². The van der Waals surface area contributed by atoms with Gasteiger partial charge in [0.25, 0.3) is 0 Å². The van der Waals surface area contributed by atoms with Gasteiger partial charge in [0, 0.05) is 52.2 Å². The van der Waals surface area contributed by atoms with E-state index in [1.165, 1.54) is 0 Å². The Morgan fingerprint density at radius 3 is 1.59 bits per heavy atom.